The maximum absolute atomic E-state index is 14.8. The number of halogens is 2. The molecule has 5 rings (SSSR count). The monoisotopic (exact) mass is 534 g/mol. The lowest BCUT2D eigenvalue weighted by Crippen LogP contribution is -2.50. The van der Waals surface area contributed by atoms with Gasteiger partial charge in [0, 0.05) is 54.6 Å². The number of rotatable bonds is 4. The zero-order chi connectivity index (χ0) is 24.7. The van der Waals surface area contributed by atoms with E-state index in [9.17, 15) is 17.6 Å². The largest absolute Gasteiger partial charge is 0.357 e. The maximum Gasteiger partial charge on any atom is 0.256 e. The molecule has 0 saturated carbocycles. The second kappa shape index (κ2) is 9.50. The molecule has 2 aliphatic heterocycles. The highest BCUT2D eigenvalue weighted by Gasteiger charge is 2.32. The molecule has 0 radical (unpaired) electrons. The Labute approximate surface area is 212 Å². The van der Waals surface area contributed by atoms with Crippen molar-refractivity contribution in [3.63, 3.8) is 0 Å². The normalized spacial score (nSPS) is 17.3. The number of hydrogen-bond acceptors (Lipinski definition) is 5. The summed E-state index contributed by atoms with van der Waals surface area (Å²) in [5, 5.41) is 9.64. The molecule has 184 valence electrons. The quantitative estimate of drug-likeness (QED) is 0.400. The Hall–Kier alpha value is -2.53. The van der Waals surface area contributed by atoms with Crippen molar-refractivity contribution in [3.05, 3.63) is 64.4 Å². The summed E-state index contributed by atoms with van der Waals surface area (Å²) in [4.78, 5) is 16.4. The third-order valence-electron chi connectivity index (χ3n) is 6.47. The third-order valence-corrected chi connectivity index (χ3v) is 10.2. The van der Waals surface area contributed by atoms with Crippen molar-refractivity contribution in [2.75, 3.05) is 39.3 Å². The fourth-order valence-electron chi connectivity index (χ4n) is 4.50. The lowest BCUT2D eigenvalue weighted by Gasteiger charge is -2.33. The molecule has 2 fully saturated rings. The number of piperazine rings is 1. The van der Waals surface area contributed by atoms with Gasteiger partial charge in [-0.3, -0.25) is 10.2 Å². The van der Waals surface area contributed by atoms with Crippen molar-refractivity contribution in [2.45, 2.75) is 17.1 Å². The van der Waals surface area contributed by atoms with Gasteiger partial charge in [0.2, 0.25) is 0 Å². The first-order chi connectivity index (χ1) is 16.7. The molecule has 2 aliphatic rings. The molecule has 3 heterocycles. The molecule has 0 unspecified atom stereocenters. The van der Waals surface area contributed by atoms with Crippen LogP contribution in [0, 0.1) is 11.2 Å². The summed E-state index contributed by atoms with van der Waals surface area (Å²) in [6.45, 7) is 2.15. The predicted molar refractivity (Wildman–Crippen MR) is 136 cm³/mol. The molecule has 11 heteroatoms. The molecule has 0 bridgehead atoms. The molecule has 0 spiro atoms. The van der Waals surface area contributed by atoms with E-state index in [0.717, 1.165) is 36.0 Å². The van der Waals surface area contributed by atoms with Gasteiger partial charge >= 0.3 is 0 Å². The zero-order valence-corrected chi connectivity index (χ0v) is 21.2. The Bertz CT molecular complexity index is 1410. The van der Waals surface area contributed by atoms with Crippen LogP contribution in [0.15, 0.2) is 46.7 Å². The second-order valence-corrected chi connectivity index (χ2v) is 12.4. The van der Waals surface area contributed by atoms with Crippen LogP contribution in [-0.2, 0) is 10.0 Å². The molecule has 7 nitrogen and oxygen atoms in total. The van der Waals surface area contributed by atoms with Crippen molar-refractivity contribution in [2.24, 2.45) is 0 Å². The third kappa shape index (κ3) is 4.67. The Balaban J connectivity index is 1.26. The van der Waals surface area contributed by atoms with Crippen LogP contribution in [0.2, 0.25) is 5.02 Å². The fourth-order valence-corrected chi connectivity index (χ4v) is 7.75. The van der Waals surface area contributed by atoms with E-state index in [0.29, 0.717) is 10.6 Å². The number of nitrogens with zero attached hydrogens (tertiary/aromatic N) is 3. The number of sulfonamides is 1. The van der Waals surface area contributed by atoms with Crippen LogP contribution in [0.25, 0.3) is 10.1 Å². The maximum atomic E-state index is 14.8. The predicted octanol–water partition coefficient (Wildman–Crippen LogP) is 4.26. The summed E-state index contributed by atoms with van der Waals surface area (Å²) in [6, 6.07) is 11.1. The minimum atomic E-state index is -3.71. The van der Waals surface area contributed by atoms with Gasteiger partial charge in [0.15, 0.2) is 0 Å². The van der Waals surface area contributed by atoms with Gasteiger partial charge < -0.3 is 9.80 Å². The van der Waals surface area contributed by atoms with E-state index in [-0.39, 0.29) is 41.8 Å². The average Bonchev–Trinajstić information content (AvgIpc) is 3.53. The Morgan fingerprint density at radius 1 is 0.943 bits per heavy atom. The van der Waals surface area contributed by atoms with Crippen LogP contribution in [0.3, 0.4) is 0 Å². The molecule has 2 aromatic carbocycles. The highest BCUT2D eigenvalue weighted by atomic mass is 35.5. The van der Waals surface area contributed by atoms with E-state index < -0.39 is 21.7 Å². The number of fused-ring (bicyclic) bond motifs is 1. The Morgan fingerprint density at radius 3 is 2.34 bits per heavy atom. The first-order valence-corrected chi connectivity index (χ1v) is 14.0. The molecule has 0 atom stereocenters. The number of nitrogens with one attached hydrogen (secondary N) is 1. The summed E-state index contributed by atoms with van der Waals surface area (Å²) >= 11 is 7.19. The van der Waals surface area contributed by atoms with Gasteiger partial charge in [-0.1, -0.05) is 23.7 Å². The van der Waals surface area contributed by atoms with Crippen molar-refractivity contribution >= 4 is 54.8 Å². The molecule has 1 aromatic heterocycles. The Kier molecular flexibility index (Phi) is 6.56. The number of amidine groups is 1. The van der Waals surface area contributed by atoms with Crippen LogP contribution in [-0.4, -0.2) is 73.5 Å². The first-order valence-electron chi connectivity index (χ1n) is 11.4. The number of thiophene rings is 1. The zero-order valence-electron chi connectivity index (χ0n) is 18.8. The van der Waals surface area contributed by atoms with Crippen molar-refractivity contribution in [1.29, 1.82) is 5.41 Å². The van der Waals surface area contributed by atoms with Gasteiger partial charge in [0.1, 0.15) is 15.9 Å². The van der Waals surface area contributed by atoms with E-state index in [1.165, 1.54) is 32.7 Å². The van der Waals surface area contributed by atoms with E-state index in [4.69, 9.17) is 17.0 Å². The lowest BCUT2D eigenvalue weighted by atomic mass is 10.1. The number of likely N-dealkylation sites (tertiary alicyclic amines) is 1. The van der Waals surface area contributed by atoms with E-state index in [1.807, 2.05) is 4.90 Å². The van der Waals surface area contributed by atoms with Gasteiger partial charge in [-0.15, -0.1) is 11.3 Å². The SMILES string of the molecule is N=C(c1ccc(C(=O)N2CCN(S(=O)(=O)c3cc4ccc(Cl)cc4s3)CC2)c(F)c1)N1CCCC1. The second-order valence-electron chi connectivity index (χ2n) is 8.68. The van der Waals surface area contributed by atoms with Crippen LogP contribution in [0.1, 0.15) is 28.8 Å². The van der Waals surface area contributed by atoms with E-state index in [1.54, 1.807) is 30.3 Å². The first kappa shape index (κ1) is 24.2. The number of carbonyl (C=O) groups excluding carboxylic acids is 1. The van der Waals surface area contributed by atoms with Crippen molar-refractivity contribution in [1.82, 2.24) is 14.1 Å². The highest BCUT2D eigenvalue weighted by molar-refractivity contribution is 7.91. The summed E-state index contributed by atoms with van der Waals surface area (Å²) < 4.78 is 43.6. The number of benzene rings is 2. The van der Waals surface area contributed by atoms with Crippen molar-refractivity contribution < 1.29 is 17.6 Å². The summed E-state index contributed by atoms with van der Waals surface area (Å²) in [5.74, 6) is -0.881. The van der Waals surface area contributed by atoms with Gasteiger partial charge in [0.25, 0.3) is 15.9 Å². The standard InChI is InChI=1S/C24H24ClFN4O3S2/c25-18-5-3-16-14-22(34-21(16)15-18)35(32,33)30-11-9-29(10-12-30)24(31)19-6-4-17(13-20(19)26)23(27)28-7-1-2-8-28/h3-6,13-15,27H,1-2,7-12H2. The van der Waals surface area contributed by atoms with Crippen LogP contribution in [0.4, 0.5) is 4.39 Å². The smallest absolute Gasteiger partial charge is 0.256 e. The van der Waals surface area contributed by atoms with Gasteiger partial charge in [0.05, 0.1) is 5.56 Å². The number of carbonyl (C=O) groups is 1. The average molecular weight is 535 g/mol. The highest BCUT2D eigenvalue weighted by Crippen LogP contribution is 2.33. The minimum Gasteiger partial charge on any atom is -0.357 e. The number of hydrogen-bond donors (Lipinski definition) is 1. The fraction of sp³-hybridized carbons (Fsp3) is 0.333. The van der Waals surface area contributed by atoms with E-state index >= 15 is 0 Å². The van der Waals surface area contributed by atoms with Crippen LogP contribution >= 0.6 is 22.9 Å². The molecule has 1 amide bonds. The molecule has 35 heavy (non-hydrogen) atoms. The van der Waals surface area contributed by atoms with Crippen LogP contribution in [0.5, 0.6) is 0 Å². The molecule has 1 N–H and O–H groups in total. The van der Waals surface area contributed by atoms with Crippen LogP contribution < -0.4 is 0 Å². The van der Waals surface area contributed by atoms with Gasteiger partial charge in [-0.2, -0.15) is 4.31 Å². The van der Waals surface area contributed by atoms with E-state index in [2.05, 4.69) is 0 Å². The summed E-state index contributed by atoms with van der Waals surface area (Å²) in [5.41, 5.74) is 0.377. The molecule has 0 aliphatic carbocycles. The van der Waals surface area contributed by atoms with Gasteiger partial charge in [-0.25, -0.2) is 12.8 Å². The summed E-state index contributed by atoms with van der Waals surface area (Å²) in [6.07, 6.45) is 2.03. The molecular formula is C24H24ClFN4O3S2. The topological polar surface area (TPSA) is 84.8 Å². The lowest BCUT2D eigenvalue weighted by molar-refractivity contribution is 0.0693. The molecular weight excluding hydrogens is 511 g/mol. The van der Waals surface area contributed by atoms with Gasteiger partial charge in [-0.05, 0) is 48.6 Å². The minimum absolute atomic E-state index is 0.0688. The molecule has 3 aromatic rings. The molecule has 2 saturated heterocycles. The van der Waals surface area contributed by atoms with Crippen molar-refractivity contribution in [3.8, 4) is 0 Å². The number of amides is 1. The summed E-state index contributed by atoms with van der Waals surface area (Å²) in [7, 11) is -3.71. The Morgan fingerprint density at radius 2 is 1.66 bits per heavy atom.